The topological polar surface area (TPSA) is 118 Å². The number of aromatic nitrogens is 3. The van der Waals surface area contributed by atoms with Gasteiger partial charge in [0, 0.05) is 36.8 Å². The molecular formula is C26H32N6O3. The first kappa shape index (κ1) is 24.4. The third kappa shape index (κ3) is 5.18. The number of carbonyl (C=O) groups excluding carboxylic acids is 3. The van der Waals surface area contributed by atoms with E-state index in [1.807, 2.05) is 45.9 Å². The van der Waals surface area contributed by atoms with E-state index in [0.29, 0.717) is 28.0 Å². The molecule has 1 aromatic carbocycles. The molecule has 0 radical (unpaired) electrons. The predicted molar refractivity (Wildman–Crippen MR) is 135 cm³/mol. The molecule has 9 heteroatoms. The smallest absolute Gasteiger partial charge is 0.252 e. The van der Waals surface area contributed by atoms with Gasteiger partial charge in [-0.05, 0) is 51.3 Å². The number of rotatable bonds is 6. The van der Waals surface area contributed by atoms with Crippen molar-refractivity contribution in [1.29, 1.82) is 0 Å². The first-order valence-corrected chi connectivity index (χ1v) is 12.0. The lowest BCUT2D eigenvalue weighted by atomic mass is 9.84. The minimum atomic E-state index is -0.279. The van der Waals surface area contributed by atoms with Crippen LogP contribution in [0.2, 0.25) is 0 Å². The first-order valence-electron chi connectivity index (χ1n) is 12.0. The van der Waals surface area contributed by atoms with Crippen LogP contribution in [0, 0.1) is 11.8 Å². The monoisotopic (exact) mass is 476 g/mol. The molecule has 35 heavy (non-hydrogen) atoms. The molecule has 0 aliphatic carbocycles. The molecule has 2 aromatic heterocycles. The third-order valence-corrected chi connectivity index (χ3v) is 6.40. The second-order valence-electron chi connectivity index (χ2n) is 9.68. The second-order valence-corrected chi connectivity index (χ2v) is 9.68. The predicted octanol–water partition coefficient (Wildman–Crippen LogP) is 3.53. The highest BCUT2D eigenvalue weighted by Crippen LogP contribution is 2.28. The van der Waals surface area contributed by atoms with Crippen molar-refractivity contribution in [3.05, 3.63) is 42.1 Å². The van der Waals surface area contributed by atoms with Crippen LogP contribution in [0.25, 0.3) is 22.3 Å². The van der Waals surface area contributed by atoms with Gasteiger partial charge in [-0.3, -0.25) is 14.4 Å². The minimum Gasteiger partial charge on any atom is -0.353 e. The third-order valence-electron chi connectivity index (χ3n) is 6.40. The summed E-state index contributed by atoms with van der Waals surface area (Å²) in [5.41, 5.74) is 3.05. The van der Waals surface area contributed by atoms with Crippen molar-refractivity contribution < 1.29 is 14.4 Å². The summed E-state index contributed by atoms with van der Waals surface area (Å²) >= 11 is 0. The largest absolute Gasteiger partial charge is 0.353 e. The zero-order valence-electron chi connectivity index (χ0n) is 20.8. The molecule has 184 valence electrons. The molecule has 1 aliphatic heterocycles. The van der Waals surface area contributed by atoms with E-state index >= 15 is 0 Å². The number of nitrogens with one attached hydrogen (secondary N) is 3. The van der Waals surface area contributed by atoms with Crippen molar-refractivity contribution in [3.8, 4) is 11.3 Å². The van der Waals surface area contributed by atoms with Crippen LogP contribution in [0.1, 0.15) is 57.4 Å². The first-order chi connectivity index (χ1) is 16.6. The molecule has 1 aliphatic rings. The molecule has 3 heterocycles. The van der Waals surface area contributed by atoms with Gasteiger partial charge < -0.3 is 16.0 Å². The summed E-state index contributed by atoms with van der Waals surface area (Å²) in [7, 11) is 0. The fourth-order valence-corrected chi connectivity index (χ4v) is 4.67. The Morgan fingerprint density at radius 3 is 2.69 bits per heavy atom. The second kappa shape index (κ2) is 9.85. The van der Waals surface area contributed by atoms with Gasteiger partial charge in [-0.15, -0.1) is 0 Å². The number of hydrogen-bond donors (Lipinski definition) is 3. The molecule has 0 bridgehead atoms. The number of amides is 3. The van der Waals surface area contributed by atoms with E-state index in [2.05, 4.69) is 21.0 Å². The van der Waals surface area contributed by atoms with E-state index < -0.39 is 0 Å². The Balaban J connectivity index is 1.70. The number of nitrogens with zero attached hydrogens (tertiary/aromatic N) is 3. The van der Waals surface area contributed by atoms with Gasteiger partial charge in [0.05, 0.1) is 28.8 Å². The number of piperidine rings is 1. The fraction of sp³-hybridized carbons (Fsp3) is 0.423. The van der Waals surface area contributed by atoms with Crippen molar-refractivity contribution in [2.75, 3.05) is 11.9 Å². The average Bonchev–Trinajstić information content (AvgIpc) is 3.21. The zero-order valence-corrected chi connectivity index (χ0v) is 20.8. The van der Waals surface area contributed by atoms with Crippen LogP contribution < -0.4 is 16.0 Å². The summed E-state index contributed by atoms with van der Waals surface area (Å²) in [6, 6.07) is 9.26. The lowest BCUT2D eigenvalue weighted by Crippen LogP contribution is -2.50. The number of carbonyl (C=O) groups is 3. The van der Waals surface area contributed by atoms with Crippen LogP contribution in [-0.2, 0) is 9.59 Å². The summed E-state index contributed by atoms with van der Waals surface area (Å²) in [5, 5.41) is 13.8. The van der Waals surface area contributed by atoms with Gasteiger partial charge in [0.2, 0.25) is 11.8 Å². The number of fused-ring (bicyclic) bond motifs is 1. The summed E-state index contributed by atoms with van der Waals surface area (Å²) in [6.07, 6.45) is 2.54. The Bertz CT molecular complexity index is 1280. The fourth-order valence-electron chi connectivity index (χ4n) is 4.67. The average molecular weight is 477 g/mol. The molecule has 4 rings (SSSR count). The number of hydrogen-bond acceptors (Lipinski definition) is 5. The maximum Gasteiger partial charge on any atom is 0.252 e. The maximum atomic E-state index is 13.4. The van der Waals surface area contributed by atoms with Gasteiger partial charge in [0.15, 0.2) is 5.65 Å². The number of pyridine rings is 1. The molecular weight excluding hydrogens is 444 g/mol. The van der Waals surface area contributed by atoms with E-state index in [4.69, 9.17) is 4.98 Å². The molecule has 9 nitrogen and oxygen atoms in total. The molecule has 1 saturated heterocycles. The van der Waals surface area contributed by atoms with Gasteiger partial charge in [-0.2, -0.15) is 5.10 Å². The van der Waals surface area contributed by atoms with Crippen LogP contribution in [0.4, 0.5) is 5.69 Å². The highest BCUT2D eigenvalue weighted by atomic mass is 16.2. The van der Waals surface area contributed by atoms with Gasteiger partial charge in [-0.25, -0.2) is 9.67 Å². The van der Waals surface area contributed by atoms with Crippen molar-refractivity contribution in [2.24, 2.45) is 11.8 Å². The van der Waals surface area contributed by atoms with Crippen molar-refractivity contribution >= 4 is 34.4 Å². The summed E-state index contributed by atoms with van der Waals surface area (Å²) in [6.45, 7) is 9.75. The molecule has 3 amide bonds. The van der Waals surface area contributed by atoms with Crippen molar-refractivity contribution in [1.82, 2.24) is 25.4 Å². The van der Waals surface area contributed by atoms with Crippen LogP contribution in [-0.4, -0.2) is 45.1 Å². The summed E-state index contributed by atoms with van der Waals surface area (Å²) in [5.74, 6) is -0.580. The number of benzene rings is 1. The van der Waals surface area contributed by atoms with Crippen LogP contribution >= 0.6 is 0 Å². The quantitative estimate of drug-likeness (QED) is 0.503. The SMILES string of the molecule is CC(=O)Nc1cccc(-c2cc(C(=O)NCC3C(=O)NC(C)CC3C)c3cnn(C(C)C)c3n2)c1. The zero-order chi connectivity index (χ0) is 25.3. The molecule has 3 N–H and O–H groups in total. The number of anilines is 1. The molecule has 3 aromatic rings. The Hall–Kier alpha value is -3.75. The Kier molecular flexibility index (Phi) is 6.86. The van der Waals surface area contributed by atoms with E-state index in [1.165, 1.54) is 6.92 Å². The molecule has 0 saturated carbocycles. The van der Waals surface area contributed by atoms with Gasteiger partial charge >= 0.3 is 0 Å². The Morgan fingerprint density at radius 2 is 2.00 bits per heavy atom. The van der Waals surface area contributed by atoms with Gasteiger partial charge in [-0.1, -0.05) is 19.1 Å². The van der Waals surface area contributed by atoms with Crippen molar-refractivity contribution in [3.63, 3.8) is 0 Å². The lowest BCUT2D eigenvalue weighted by molar-refractivity contribution is -0.129. The van der Waals surface area contributed by atoms with Crippen LogP contribution in [0.3, 0.4) is 0 Å². The van der Waals surface area contributed by atoms with Gasteiger partial charge in [0.1, 0.15) is 0 Å². The lowest BCUT2D eigenvalue weighted by Gasteiger charge is -2.32. The molecule has 3 unspecified atom stereocenters. The van der Waals surface area contributed by atoms with E-state index in [9.17, 15) is 14.4 Å². The molecule has 0 spiro atoms. The molecule has 1 fully saturated rings. The normalized spacial score (nSPS) is 20.1. The highest BCUT2D eigenvalue weighted by Gasteiger charge is 2.32. The van der Waals surface area contributed by atoms with Crippen molar-refractivity contribution in [2.45, 2.75) is 53.1 Å². The van der Waals surface area contributed by atoms with E-state index in [1.54, 1.807) is 23.0 Å². The summed E-state index contributed by atoms with van der Waals surface area (Å²) in [4.78, 5) is 42.2. The van der Waals surface area contributed by atoms with E-state index in [-0.39, 0.29) is 48.2 Å². The molecule has 3 atom stereocenters. The Labute approximate surface area is 204 Å². The minimum absolute atomic E-state index is 0.0282. The highest BCUT2D eigenvalue weighted by molar-refractivity contribution is 6.06. The Morgan fingerprint density at radius 1 is 1.23 bits per heavy atom. The summed E-state index contributed by atoms with van der Waals surface area (Å²) < 4.78 is 1.78. The van der Waals surface area contributed by atoms with E-state index in [0.717, 1.165) is 12.0 Å². The van der Waals surface area contributed by atoms with Crippen LogP contribution in [0.15, 0.2) is 36.5 Å². The van der Waals surface area contributed by atoms with Gasteiger partial charge in [0.25, 0.3) is 5.91 Å². The standard InChI is InChI=1S/C26H32N6O3/c1-14(2)32-24-22(13-28-32)20(25(34)27-12-21-15(3)9-16(4)29-26(21)35)11-23(31-24)18-7-6-8-19(10-18)30-17(5)33/h6-8,10-11,13-16,21H,9,12H2,1-5H3,(H,27,34)(H,29,35)(H,30,33). The van der Waals surface area contributed by atoms with Crippen LogP contribution in [0.5, 0.6) is 0 Å². The maximum absolute atomic E-state index is 13.4.